The van der Waals surface area contributed by atoms with Crippen LogP contribution in [-0.2, 0) is 4.79 Å². The van der Waals surface area contributed by atoms with Gasteiger partial charge >= 0.3 is 0 Å². The fourth-order valence-electron chi connectivity index (χ4n) is 1.28. The van der Waals surface area contributed by atoms with Gasteiger partial charge in [-0.1, -0.05) is 18.2 Å². The second kappa shape index (κ2) is 9.02. The van der Waals surface area contributed by atoms with Gasteiger partial charge in [-0.25, -0.2) is 0 Å². The quantitative estimate of drug-likeness (QED) is 0.663. The molecule has 1 aromatic carbocycles. The third-order valence-electron chi connectivity index (χ3n) is 2.14. The number of para-hydroxylation sites is 1. The van der Waals surface area contributed by atoms with Gasteiger partial charge < -0.3 is 15.4 Å². The van der Waals surface area contributed by atoms with Crippen molar-refractivity contribution < 1.29 is 9.53 Å². The molecule has 5 heteroatoms. The molecule has 0 radical (unpaired) electrons. The molecule has 96 valence electrons. The summed E-state index contributed by atoms with van der Waals surface area (Å²) in [6, 6.07) is 11.5. The molecule has 1 amide bonds. The van der Waals surface area contributed by atoms with Crippen molar-refractivity contribution in [1.29, 1.82) is 5.26 Å². The maximum atomic E-state index is 11.2. The van der Waals surface area contributed by atoms with Crippen molar-refractivity contribution in [3.8, 4) is 11.8 Å². The van der Waals surface area contributed by atoms with Crippen molar-refractivity contribution in [2.24, 2.45) is 0 Å². The lowest BCUT2D eigenvalue weighted by atomic mass is 10.3. The zero-order chi connectivity index (χ0) is 13.1. The first kappa shape index (κ1) is 14.0. The third-order valence-corrected chi connectivity index (χ3v) is 2.14. The highest BCUT2D eigenvalue weighted by Gasteiger charge is 1.99. The van der Waals surface area contributed by atoms with Crippen LogP contribution in [-0.4, -0.2) is 32.1 Å². The molecule has 0 atom stereocenters. The summed E-state index contributed by atoms with van der Waals surface area (Å²) in [5.41, 5.74) is 0. The molecule has 0 saturated carbocycles. The Hall–Kier alpha value is -2.06. The number of nitrogens with one attached hydrogen (secondary N) is 2. The van der Waals surface area contributed by atoms with E-state index in [2.05, 4.69) is 10.6 Å². The number of nitriles is 1. The molecule has 0 aromatic heterocycles. The molecule has 0 aliphatic rings. The molecule has 0 aliphatic heterocycles. The van der Waals surface area contributed by atoms with Gasteiger partial charge in [-0.05, 0) is 12.1 Å². The van der Waals surface area contributed by atoms with Gasteiger partial charge in [-0.15, -0.1) is 0 Å². The normalized spacial score (nSPS) is 9.50. The summed E-state index contributed by atoms with van der Waals surface area (Å²) in [4.78, 5) is 11.2. The number of hydrogen-bond donors (Lipinski definition) is 2. The summed E-state index contributed by atoms with van der Waals surface area (Å²) in [7, 11) is 0. The second-order valence-corrected chi connectivity index (χ2v) is 3.60. The SMILES string of the molecule is N#CCCNC(=O)CNCCOc1ccccc1. The van der Waals surface area contributed by atoms with Gasteiger partial charge in [0.15, 0.2) is 0 Å². The summed E-state index contributed by atoms with van der Waals surface area (Å²) in [5.74, 6) is 0.711. The largest absolute Gasteiger partial charge is 0.492 e. The molecule has 1 rings (SSSR count). The van der Waals surface area contributed by atoms with E-state index in [1.165, 1.54) is 0 Å². The van der Waals surface area contributed by atoms with E-state index in [4.69, 9.17) is 10.00 Å². The van der Waals surface area contributed by atoms with Gasteiger partial charge in [0.1, 0.15) is 12.4 Å². The highest BCUT2D eigenvalue weighted by atomic mass is 16.5. The second-order valence-electron chi connectivity index (χ2n) is 3.60. The number of hydrogen-bond acceptors (Lipinski definition) is 4. The van der Waals surface area contributed by atoms with Crippen LogP contribution in [0.1, 0.15) is 6.42 Å². The van der Waals surface area contributed by atoms with Crippen LogP contribution in [0.2, 0.25) is 0 Å². The van der Waals surface area contributed by atoms with Crippen LogP contribution >= 0.6 is 0 Å². The van der Waals surface area contributed by atoms with Crippen LogP contribution in [0.4, 0.5) is 0 Å². The van der Waals surface area contributed by atoms with Crippen molar-refractivity contribution >= 4 is 5.91 Å². The number of ether oxygens (including phenoxy) is 1. The lowest BCUT2D eigenvalue weighted by molar-refractivity contribution is -0.120. The minimum Gasteiger partial charge on any atom is -0.492 e. The Morgan fingerprint density at radius 2 is 2.06 bits per heavy atom. The zero-order valence-electron chi connectivity index (χ0n) is 10.2. The minimum atomic E-state index is -0.107. The number of rotatable bonds is 8. The van der Waals surface area contributed by atoms with Crippen molar-refractivity contribution in [3.63, 3.8) is 0 Å². The van der Waals surface area contributed by atoms with E-state index in [1.807, 2.05) is 36.4 Å². The van der Waals surface area contributed by atoms with Gasteiger partial charge in [-0.3, -0.25) is 4.79 Å². The van der Waals surface area contributed by atoms with Crippen molar-refractivity contribution in [2.45, 2.75) is 6.42 Å². The Kier molecular flexibility index (Phi) is 7.02. The van der Waals surface area contributed by atoms with Crippen LogP contribution in [0.25, 0.3) is 0 Å². The maximum Gasteiger partial charge on any atom is 0.233 e. The Balaban J connectivity index is 1.99. The number of benzene rings is 1. The molecule has 1 aromatic rings. The Labute approximate surface area is 107 Å². The number of amides is 1. The molecule has 0 aliphatic carbocycles. The molecular formula is C13H17N3O2. The molecule has 0 unspecified atom stereocenters. The highest BCUT2D eigenvalue weighted by molar-refractivity contribution is 5.77. The minimum absolute atomic E-state index is 0.107. The predicted octanol–water partition coefficient (Wildman–Crippen LogP) is 0.685. The molecule has 18 heavy (non-hydrogen) atoms. The summed E-state index contributed by atoms with van der Waals surface area (Å²) in [6.45, 7) is 1.75. The summed E-state index contributed by atoms with van der Waals surface area (Å²) < 4.78 is 5.45. The molecule has 0 spiro atoms. The average Bonchev–Trinajstić information content (AvgIpc) is 2.40. The molecule has 0 saturated heterocycles. The van der Waals surface area contributed by atoms with E-state index < -0.39 is 0 Å². The van der Waals surface area contributed by atoms with Crippen LogP contribution in [0.15, 0.2) is 30.3 Å². The standard InChI is InChI=1S/C13H17N3O2/c14-7-4-8-16-13(17)11-15-9-10-18-12-5-2-1-3-6-12/h1-3,5-6,15H,4,8-11H2,(H,16,17). The fourth-order valence-corrected chi connectivity index (χ4v) is 1.28. The van der Waals surface area contributed by atoms with Crippen LogP contribution < -0.4 is 15.4 Å². The van der Waals surface area contributed by atoms with E-state index >= 15 is 0 Å². The molecule has 0 bridgehead atoms. The fraction of sp³-hybridized carbons (Fsp3) is 0.385. The van der Waals surface area contributed by atoms with Crippen LogP contribution in [0.3, 0.4) is 0 Å². The zero-order valence-corrected chi connectivity index (χ0v) is 10.2. The van der Waals surface area contributed by atoms with Gasteiger partial charge in [0.25, 0.3) is 0 Å². The van der Waals surface area contributed by atoms with Crippen molar-refractivity contribution in [2.75, 3.05) is 26.2 Å². The van der Waals surface area contributed by atoms with E-state index in [-0.39, 0.29) is 12.5 Å². The summed E-state index contributed by atoms with van der Waals surface area (Å²) in [6.07, 6.45) is 0.336. The Bertz CT molecular complexity index is 387. The lowest BCUT2D eigenvalue weighted by Gasteiger charge is -2.07. The van der Waals surface area contributed by atoms with Crippen LogP contribution in [0.5, 0.6) is 5.75 Å². The molecular weight excluding hydrogens is 230 g/mol. The number of carbonyl (C=O) groups excluding carboxylic acids is 1. The number of nitrogens with zero attached hydrogens (tertiary/aromatic N) is 1. The predicted molar refractivity (Wildman–Crippen MR) is 68.0 cm³/mol. The van der Waals surface area contributed by atoms with Crippen LogP contribution in [0, 0.1) is 11.3 Å². The molecule has 2 N–H and O–H groups in total. The van der Waals surface area contributed by atoms with Crippen molar-refractivity contribution in [3.05, 3.63) is 30.3 Å². The molecule has 0 fully saturated rings. The molecule has 5 nitrogen and oxygen atoms in total. The van der Waals surface area contributed by atoms with Gasteiger partial charge in [0.2, 0.25) is 5.91 Å². The Morgan fingerprint density at radius 3 is 2.78 bits per heavy atom. The van der Waals surface area contributed by atoms with Gasteiger partial charge in [0.05, 0.1) is 19.0 Å². The van der Waals surface area contributed by atoms with E-state index in [0.717, 1.165) is 5.75 Å². The van der Waals surface area contributed by atoms with Gasteiger partial charge in [-0.2, -0.15) is 5.26 Å². The van der Waals surface area contributed by atoms with E-state index in [9.17, 15) is 4.79 Å². The number of carbonyl (C=O) groups is 1. The average molecular weight is 247 g/mol. The monoisotopic (exact) mass is 247 g/mol. The van der Waals surface area contributed by atoms with E-state index in [1.54, 1.807) is 0 Å². The first-order valence-electron chi connectivity index (χ1n) is 5.85. The maximum absolute atomic E-state index is 11.2. The first-order chi connectivity index (χ1) is 8.83. The van der Waals surface area contributed by atoms with Crippen molar-refractivity contribution in [1.82, 2.24) is 10.6 Å². The topological polar surface area (TPSA) is 74.2 Å². The highest BCUT2D eigenvalue weighted by Crippen LogP contribution is 2.07. The lowest BCUT2D eigenvalue weighted by Crippen LogP contribution is -2.35. The Morgan fingerprint density at radius 1 is 1.28 bits per heavy atom. The summed E-state index contributed by atoms with van der Waals surface area (Å²) in [5, 5.41) is 13.9. The molecule has 0 heterocycles. The summed E-state index contributed by atoms with van der Waals surface area (Å²) >= 11 is 0. The van der Waals surface area contributed by atoms with Gasteiger partial charge in [0, 0.05) is 13.1 Å². The smallest absolute Gasteiger partial charge is 0.233 e. The first-order valence-corrected chi connectivity index (χ1v) is 5.85. The third kappa shape index (κ3) is 6.51. The van der Waals surface area contributed by atoms with E-state index in [0.29, 0.717) is 26.1 Å².